The molecule has 3 rings (SSSR count). The molecule has 0 bridgehead atoms. The number of benzene rings is 2. The second-order valence-electron chi connectivity index (χ2n) is 3.66. The van der Waals surface area contributed by atoms with Crippen LogP contribution in [0, 0.1) is 0 Å². The summed E-state index contributed by atoms with van der Waals surface area (Å²) < 4.78 is 15.2. The highest BCUT2D eigenvalue weighted by atomic mass is 32.2. The van der Waals surface area contributed by atoms with E-state index < -0.39 is 0 Å². The molecule has 80 valence electrons. The predicted molar refractivity (Wildman–Crippen MR) is 65.0 cm³/mol. The molecule has 1 heterocycles. The number of hydrogen-bond donors (Lipinski definition) is 1. The molecule has 3 heteroatoms. The molecule has 0 unspecified atom stereocenters. The fraction of sp³-hybridized carbons (Fsp3) is 0.0769. The highest BCUT2D eigenvalue weighted by molar-refractivity contribution is 7.94. The van der Waals surface area contributed by atoms with Crippen molar-refractivity contribution >= 4 is 12.0 Å². The molecule has 0 amide bonds. The van der Waals surface area contributed by atoms with Gasteiger partial charge in [0.25, 0.3) is 0 Å². The van der Waals surface area contributed by atoms with Crippen LogP contribution in [0.1, 0.15) is 16.4 Å². The van der Waals surface area contributed by atoms with Gasteiger partial charge in [-0.25, -0.2) is 0 Å². The van der Waals surface area contributed by atoms with Crippen molar-refractivity contribution in [2.24, 2.45) is 0 Å². The Kier molecular flexibility index (Phi) is 2.35. The fourth-order valence-electron chi connectivity index (χ4n) is 1.98. The average Bonchev–Trinajstić information content (AvgIpc) is 2.36. The maximum atomic E-state index is 9.45. The van der Waals surface area contributed by atoms with Crippen molar-refractivity contribution in [1.29, 1.82) is 0 Å². The number of ether oxygens (including phenoxy) is 1. The van der Waals surface area contributed by atoms with Crippen molar-refractivity contribution in [3.8, 4) is 11.5 Å². The quantitative estimate of drug-likeness (QED) is 0.748. The Labute approximate surface area is 98.1 Å². The lowest BCUT2D eigenvalue weighted by atomic mass is 10.00. The van der Waals surface area contributed by atoms with Crippen LogP contribution in [0.25, 0.3) is 0 Å². The van der Waals surface area contributed by atoms with Crippen molar-refractivity contribution in [2.75, 3.05) is 0 Å². The first-order valence-electron chi connectivity index (χ1n) is 5.06. The van der Waals surface area contributed by atoms with Crippen molar-refractivity contribution in [1.82, 2.24) is 0 Å². The summed E-state index contributed by atoms with van der Waals surface area (Å²) in [6.45, 7) is 0. The minimum Gasteiger partial charge on any atom is -0.457 e. The summed E-state index contributed by atoms with van der Waals surface area (Å²) >= 11 is 0.851. The molecule has 1 aliphatic rings. The molecule has 0 saturated heterocycles. The van der Waals surface area contributed by atoms with Crippen molar-refractivity contribution < 1.29 is 9.29 Å². The van der Waals surface area contributed by atoms with Crippen LogP contribution in [0.2, 0.25) is 0 Å². The maximum absolute atomic E-state index is 9.45. The minimum atomic E-state index is -0.0545. The highest BCUT2D eigenvalue weighted by Crippen LogP contribution is 2.47. The lowest BCUT2D eigenvalue weighted by Gasteiger charge is -2.25. The maximum Gasteiger partial charge on any atom is 0.132 e. The van der Waals surface area contributed by atoms with Crippen molar-refractivity contribution in [3.05, 3.63) is 59.7 Å². The SMILES string of the molecule is OSC1c2ccccc2Oc2ccccc21. The van der Waals surface area contributed by atoms with Gasteiger partial charge in [0.2, 0.25) is 0 Å². The Balaban J connectivity index is 2.19. The van der Waals surface area contributed by atoms with Gasteiger partial charge in [-0.1, -0.05) is 36.4 Å². The van der Waals surface area contributed by atoms with Crippen LogP contribution in [0.4, 0.5) is 0 Å². The summed E-state index contributed by atoms with van der Waals surface area (Å²) in [5.74, 6) is 1.65. The van der Waals surface area contributed by atoms with Crippen LogP contribution in [0.15, 0.2) is 48.5 Å². The molecule has 0 aromatic heterocycles. The zero-order valence-corrected chi connectivity index (χ0v) is 9.28. The monoisotopic (exact) mass is 230 g/mol. The van der Waals surface area contributed by atoms with Gasteiger partial charge >= 0.3 is 0 Å². The van der Waals surface area contributed by atoms with Crippen LogP contribution < -0.4 is 4.74 Å². The van der Waals surface area contributed by atoms with E-state index in [0.717, 1.165) is 34.7 Å². The Bertz CT molecular complexity index is 479. The fourth-order valence-corrected chi connectivity index (χ4v) is 2.60. The molecule has 0 saturated carbocycles. The van der Waals surface area contributed by atoms with Gasteiger partial charge in [0.05, 0.1) is 5.25 Å². The van der Waals surface area contributed by atoms with E-state index in [9.17, 15) is 4.55 Å². The molecular weight excluding hydrogens is 220 g/mol. The first-order chi connectivity index (χ1) is 7.90. The number of para-hydroxylation sites is 2. The summed E-state index contributed by atoms with van der Waals surface area (Å²) in [7, 11) is 0. The Morgan fingerprint density at radius 3 is 1.88 bits per heavy atom. The lowest BCUT2D eigenvalue weighted by molar-refractivity contribution is 0.457. The van der Waals surface area contributed by atoms with E-state index in [4.69, 9.17) is 4.74 Å². The standard InChI is InChI=1S/C13H10O2S/c14-16-13-9-5-1-3-7-11(9)15-12-8-4-2-6-10(12)13/h1-8,13-14H. The Morgan fingerprint density at radius 1 is 0.875 bits per heavy atom. The molecule has 0 fully saturated rings. The number of rotatable bonds is 1. The van der Waals surface area contributed by atoms with Crippen LogP contribution in [0.5, 0.6) is 11.5 Å². The van der Waals surface area contributed by atoms with Gasteiger partial charge in [-0.3, -0.25) is 0 Å². The van der Waals surface area contributed by atoms with Crippen LogP contribution in [-0.2, 0) is 0 Å². The summed E-state index contributed by atoms with van der Waals surface area (Å²) in [6, 6.07) is 15.6. The minimum absolute atomic E-state index is 0.0545. The van der Waals surface area contributed by atoms with Crippen molar-refractivity contribution in [3.63, 3.8) is 0 Å². The van der Waals surface area contributed by atoms with Gasteiger partial charge in [-0.05, 0) is 12.1 Å². The normalized spacial score (nSPS) is 13.8. The van der Waals surface area contributed by atoms with Crippen molar-refractivity contribution in [2.45, 2.75) is 5.25 Å². The summed E-state index contributed by atoms with van der Waals surface area (Å²) in [6.07, 6.45) is 0. The summed E-state index contributed by atoms with van der Waals surface area (Å²) in [5, 5.41) is -0.0545. The van der Waals surface area contributed by atoms with E-state index in [0.29, 0.717) is 0 Å². The first-order valence-corrected chi connectivity index (χ1v) is 5.90. The largest absolute Gasteiger partial charge is 0.457 e. The molecule has 0 radical (unpaired) electrons. The summed E-state index contributed by atoms with van der Waals surface area (Å²) in [4.78, 5) is 0. The van der Waals surface area contributed by atoms with E-state index in [1.54, 1.807) is 0 Å². The van der Waals surface area contributed by atoms with Crippen LogP contribution in [-0.4, -0.2) is 4.55 Å². The number of fused-ring (bicyclic) bond motifs is 2. The smallest absolute Gasteiger partial charge is 0.132 e. The third kappa shape index (κ3) is 1.40. The van der Waals surface area contributed by atoms with Crippen LogP contribution >= 0.6 is 12.0 Å². The van der Waals surface area contributed by atoms with Crippen LogP contribution in [0.3, 0.4) is 0 Å². The second-order valence-corrected chi connectivity index (χ2v) is 4.35. The van der Waals surface area contributed by atoms with Gasteiger partial charge in [-0.15, -0.1) is 0 Å². The van der Waals surface area contributed by atoms with Gasteiger partial charge in [0.15, 0.2) is 0 Å². The van der Waals surface area contributed by atoms with E-state index in [-0.39, 0.29) is 5.25 Å². The molecule has 2 aromatic carbocycles. The molecule has 0 spiro atoms. The molecule has 0 atom stereocenters. The Morgan fingerprint density at radius 2 is 1.38 bits per heavy atom. The molecular formula is C13H10O2S. The zero-order valence-electron chi connectivity index (χ0n) is 8.46. The van der Waals surface area contributed by atoms with Gasteiger partial charge in [0.1, 0.15) is 11.5 Å². The molecule has 1 N–H and O–H groups in total. The third-order valence-electron chi connectivity index (χ3n) is 2.73. The van der Waals surface area contributed by atoms with E-state index >= 15 is 0 Å². The first kappa shape index (κ1) is 9.75. The zero-order chi connectivity index (χ0) is 11.0. The third-order valence-corrected chi connectivity index (χ3v) is 3.45. The summed E-state index contributed by atoms with van der Waals surface area (Å²) in [5.41, 5.74) is 2.04. The molecule has 0 aliphatic carbocycles. The van der Waals surface area contributed by atoms with E-state index in [1.807, 2.05) is 48.5 Å². The second kappa shape index (κ2) is 3.85. The number of hydrogen-bond acceptors (Lipinski definition) is 3. The molecule has 1 aliphatic heterocycles. The molecule has 2 aromatic rings. The topological polar surface area (TPSA) is 29.5 Å². The van der Waals surface area contributed by atoms with Gasteiger partial charge in [-0.2, -0.15) is 0 Å². The predicted octanol–water partition coefficient (Wildman–Crippen LogP) is 4.09. The van der Waals surface area contributed by atoms with Gasteiger partial charge < -0.3 is 9.29 Å². The highest BCUT2D eigenvalue weighted by Gasteiger charge is 2.26. The lowest BCUT2D eigenvalue weighted by Crippen LogP contribution is -2.06. The van der Waals surface area contributed by atoms with Gasteiger partial charge in [0, 0.05) is 23.2 Å². The molecule has 2 nitrogen and oxygen atoms in total. The average molecular weight is 230 g/mol. The molecule has 16 heavy (non-hydrogen) atoms. The van der Waals surface area contributed by atoms with E-state index in [1.165, 1.54) is 0 Å². The van der Waals surface area contributed by atoms with E-state index in [2.05, 4.69) is 0 Å². The Hall–Kier alpha value is -1.45.